The van der Waals surface area contributed by atoms with Crippen molar-refractivity contribution in [3.63, 3.8) is 0 Å². The maximum absolute atomic E-state index is 13.1. The van der Waals surface area contributed by atoms with Crippen molar-refractivity contribution in [3.05, 3.63) is 112 Å². The summed E-state index contributed by atoms with van der Waals surface area (Å²) in [5.74, 6) is -0.0290. The molecule has 0 atom stereocenters. The summed E-state index contributed by atoms with van der Waals surface area (Å²) in [6, 6.07) is 20.1. The van der Waals surface area contributed by atoms with Gasteiger partial charge in [0.1, 0.15) is 0 Å². The van der Waals surface area contributed by atoms with E-state index in [2.05, 4.69) is 15.6 Å². The second-order valence-corrected chi connectivity index (χ2v) is 7.03. The number of hydrogen-bond acceptors (Lipinski definition) is 5. The van der Waals surface area contributed by atoms with Crippen molar-refractivity contribution in [1.82, 2.24) is 9.55 Å². The van der Waals surface area contributed by atoms with Crippen LogP contribution >= 0.6 is 0 Å². The largest absolute Gasteiger partial charge is 0.449 e. The molecule has 1 amide bonds. The highest BCUT2D eigenvalue weighted by Crippen LogP contribution is 2.21. The summed E-state index contributed by atoms with van der Waals surface area (Å²) in [4.78, 5) is 30.4. The van der Waals surface area contributed by atoms with Gasteiger partial charge in [0.05, 0.1) is 29.8 Å². The number of pyridine rings is 2. The monoisotopic (exact) mass is 414 g/mol. The fourth-order valence-electron chi connectivity index (χ4n) is 3.36. The number of carbonyl (C=O) groups is 1. The van der Waals surface area contributed by atoms with E-state index in [9.17, 15) is 9.59 Å². The SMILES string of the molecule is Cc1c(C(=O)Nc2ccco2)c(NCc2ccccc2)cc(=O)n1Cc1ccccn1. The molecule has 3 heterocycles. The second kappa shape index (κ2) is 9.13. The Balaban J connectivity index is 1.71. The number of anilines is 2. The predicted octanol–water partition coefficient (Wildman–Crippen LogP) is 4.06. The summed E-state index contributed by atoms with van der Waals surface area (Å²) in [5, 5.41) is 5.99. The zero-order chi connectivity index (χ0) is 21.6. The van der Waals surface area contributed by atoms with Crippen LogP contribution in [0.1, 0.15) is 27.3 Å². The van der Waals surface area contributed by atoms with Gasteiger partial charge in [-0.25, -0.2) is 0 Å². The number of aromatic nitrogens is 2. The van der Waals surface area contributed by atoms with Crippen molar-refractivity contribution < 1.29 is 9.21 Å². The number of furan rings is 1. The maximum Gasteiger partial charge on any atom is 0.261 e. The summed E-state index contributed by atoms with van der Waals surface area (Å²) in [7, 11) is 0. The Morgan fingerprint density at radius 2 is 1.87 bits per heavy atom. The zero-order valence-electron chi connectivity index (χ0n) is 17.0. The van der Waals surface area contributed by atoms with Crippen molar-refractivity contribution in [2.24, 2.45) is 0 Å². The predicted molar refractivity (Wildman–Crippen MR) is 119 cm³/mol. The van der Waals surface area contributed by atoms with Crippen molar-refractivity contribution in [2.45, 2.75) is 20.0 Å². The van der Waals surface area contributed by atoms with Gasteiger partial charge in [-0.05, 0) is 30.7 Å². The number of hydrogen-bond donors (Lipinski definition) is 2. The lowest BCUT2D eigenvalue weighted by Crippen LogP contribution is -2.28. The van der Waals surface area contributed by atoms with Gasteiger partial charge in [0.2, 0.25) is 0 Å². The molecule has 4 rings (SSSR count). The van der Waals surface area contributed by atoms with Crippen LogP contribution in [0.25, 0.3) is 0 Å². The average molecular weight is 414 g/mol. The number of carbonyl (C=O) groups excluding carboxylic acids is 1. The molecule has 0 aliphatic rings. The Hall–Kier alpha value is -4.13. The van der Waals surface area contributed by atoms with Gasteiger partial charge in [-0.2, -0.15) is 0 Å². The molecule has 156 valence electrons. The molecule has 0 aliphatic carbocycles. The van der Waals surface area contributed by atoms with Gasteiger partial charge in [0, 0.05) is 30.6 Å². The summed E-state index contributed by atoms with van der Waals surface area (Å²) in [6.07, 6.45) is 3.16. The molecule has 3 aromatic heterocycles. The van der Waals surface area contributed by atoms with E-state index in [1.807, 2.05) is 48.5 Å². The van der Waals surface area contributed by atoms with E-state index in [0.717, 1.165) is 11.3 Å². The van der Waals surface area contributed by atoms with E-state index in [1.165, 1.54) is 12.3 Å². The van der Waals surface area contributed by atoms with Crippen LogP contribution in [0.3, 0.4) is 0 Å². The molecule has 0 saturated carbocycles. The Morgan fingerprint density at radius 1 is 1.06 bits per heavy atom. The minimum absolute atomic E-state index is 0.215. The number of benzene rings is 1. The zero-order valence-corrected chi connectivity index (χ0v) is 17.0. The molecule has 2 N–H and O–H groups in total. The van der Waals surface area contributed by atoms with Crippen molar-refractivity contribution in [1.29, 1.82) is 0 Å². The number of amides is 1. The summed E-state index contributed by atoms with van der Waals surface area (Å²) in [5.41, 5.74) is 2.94. The van der Waals surface area contributed by atoms with E-state index in [1.54, 1.807) is 29.8 Å². The van der Waals surface area contributed by atoms with Crippen LogP contribution in [-0.2, 0) is 13.1 Å². The number of nitrogens with zero attached hydrogens (tertiary/aromatic N) is 2. The third-order valence-corrected chi connectivity index (χ3v) is 4.93. The molecule has 0 aliphatic heterocycles. The smallest absolute Gasteiger partial charge is 0.261 e. The van der Waals surface area contributed by atoms with Crippen LogP contribution in [0, 0.1) is 6.92 Å². The lowest BCUT2D eigenvalue weighted by molar-refractivity contribution is 0.102. The first kappa shape index (κ1) is 20.2. The highest BCUT2D eigenvalue weighted by molar-refractivity contribution is 6.08. The minimum atomic E-state index is -0.363. The lowest BCUT2D eigenvalue weighted by Gasteiger charge is -2.18. The molecule has 31 heavy (non-hydrogen) atoms. The fraction of sp³-hybridized carbons (Fsp3) is 0.125. The van der Waals surface area contributed by atoms with Gasteiger partial charge in [0.15, 0.2) is 5.88 Å². The quantitative estimate of drug-likeness (QED) is 0.476. The van der Waals surface area contributed by atoms with E-state index < -0.39 is 0 Å². The average Bonchev–Trinajstić information content (AvgIpc) is 3.29. The summed E-state index contributed by atoms with van der Waals surface area (Å²) < 4.78 is 6.80. The van der Waals surface area contributed by atoms with Gasteiger partial charge in [0.25, 0.3) is 11.5 Å². The molecule has 0 unspecified atom stereocenters. The van der Waals surface area contributed by atoms with Crippen molar-refractivity contribution in [3.8, 4) is 0 Å². The molecular formula is C24H22N4O3. The Bertz CT molecular complexity index is 1220. The van der Waals surface area contributed by atoms with Crippen LogP contribution in [0.2, 0.25) is 0 Å². The molecule has 0 fully saturated rings. The minimum Gasteiger partial charge on any atom is -0.449 e. The first-order valence-electron chi connectivity index (χ1n) is 9.89. The molecule has 0 radical (unpaired) electrons. The van der Waals surface area contributed by atoms with E-state index in [0.29, 0.717) is 29.4 Å². The van der Waals surface area contributed by atoms with Gasteiger partial charge >= 0.3 is 0 Å². The summed E-state index contributed by atoms with van der Waals surface area (Å²) in [6.45, 7) is 2.51. The highest BCUT2D eigenvalue weighted by Gasteiger charge is 2.20. The van der Waals surface area contributed by atoms with Gasteiger partial charge in [-0.1, -0.05) is 36.4 Å². The van der Waals surface area contributed by atoms with Crippen LogP contribution in [0.4, 0.5) is 11.6 Å². The molecule has 1 aromatic carbocycles. The summed E-state index contributed by atoms with van der Waals surface area (Å²) >= 11 is 0. The molecular weight excluding hydrogens is 392 g/mol. The Morgan fingerprint density at radius 3 is 2.58 bits per heavy atom. The highest BCUT2D eigenvalue weighted by atomic mass is 16.3. The van der Waals surface area contributed by atoms with E-state index in [-0.39, 0.29) is 18.0 Å². The topological polar surface area (TPSA) is 89.2 Å². The van der Waals surface area contributed by atoms with Gasteiger partial charge < -0.3 is 14.3 Å². The molecule has 0 spiro atoms. The standard InChI is InChI=1S/C24H22N4O3/c1-17-23(24(30)27-21-11-7-13-31-21)20(26-15-18-8-3-2-4-9-18)14-22(29)28(17)16-19-10-5-6-12-25-19/h2-14,26H,15-16H2,1H3,(H,27,30). The van der Waals surface area contributed by atoms with Crippen LogP contribution in [0.5, 0.6) is 0 Å². The maximum atomic E-state index is 13.1. The fourth-order valence-corrected chi connectivity index (χ4v) is 3.36. The molecule has 0 saturated heterocycles. The van der Waals surface area contributed by atoms with Gasteiger partial charge in [-0.3, -0.25) is 19.9 Å². The first-order valence-corrected chi connectivity index (χ1v) is 9.89. The van der Waals surface area contributed by atoms with Crippen LogP contribution in [-0.4, -0.2) is 15.5 Å². The Labute approximate surface area is 179 Å². The number of rotatable bonds is 7. The number of nitrogens with one attached hydrogen (secondary N) is 2. The second-order valence-electron chi connectivity index (χ2n) is 7.03. The van der Waals surface area contributed by atoms with E-state index in [4.69, 9.17) is 4.42 Å². The Kier molecular flexibility index (Phi) is 5.93. The van der Waals surface area contributed by atoms with E-state index >= 15 is 0 Å². The normalized spacial score (nSPS) is 10.6. The third-order valence-electron chi connectivity index (χ3n) is 4.93. The third kappa shape index (κ3) is 4.72. The van der Waals surface area contributed by atoms with Crippen molar-refractivity contribution >= 4 is 17.5 Å². The van der Waals surface area contributed by atoms with Gasteiger partial charge in [-0.15, -0.1) is 0 Å². The molecule has 7 heteroatoms. The molecule has 4 aromatic rings. The van der Waals surface area contributed by atoms with Crippen LogP contribution < -0.4 is 16.2 Å². The lowest BCUT2D eigenvalue weighted by atomic mass is 10.1. The van der Waals surface area contributed by atoms with Crippen LogP contribution in [0.15, 0.2) is 88.4 Å². The van der Waals surface area contributed by atoms with Crippen molar-refractivity contribution in [2.75, 3.05) is 10.6 Å². The molecule has 7 nitrogen and oxygen atoms in total. The molecule has 0 bridgehead atoms. The first-order chi connectivity index (χ1) is 15.1.